The lowest BCUT2D eigenvalue weighted by Gasteiger charge is -2.15. The number of aliphatic carboxylic acids is 2. The molecule has 0 aliphatic rings. The molecule has 3 amide bonds. The first kappa shape index (κ1) is 44.9. The molecule has 0 saturated heterocycles. The van der Waals surface area contributed by atoms with Gasteiger partial charge in [-0.1, -0.05) is 77.0 Å². The second-order valence-corrected chi connectivity index (χ2v) is 11.5. The summed E-state index contributed by atoms with van der Waals surface area (Å²) in [6.45, 7) is -0.635. The predicted octanol–water partition coefficient (Wildman–Crippen LogP) is 3.19. The van der Waals surface area contributed by atoms with Crippen LogP contribution in [0.1, 0.15) is 128 Å². The van der Waals surface area contributed by atoms with E-state index in [1.165, 1.54) is 44.9 Å². The first-order chi connectivity index (χ1) is 22.0. The lowest BCUT2D eigenvalue weighted by molar-refractivity contribution is -0.142. The second-order valence-electron chi connectivity index (χ2n) is 11.0. The van der Waals surface area contributed by atoms with Crippen LogP contribution < -0.4 is 16.0 Å². The average Bonchev–Trinajstić information content (AvgIpc) is 2.99. The molecule has 0 aromatic heterocycles. The summed E-state index contributed by atoms with van der Waals surface area (Å²) in [4.78, 5) is 77.4. The summed E-state index contributed by atoms with van der Waals surface area (Å²) in [6, 6.07) is -2.23. The fourth-order valence-corrected chi connectivity index (χ4v) is 4.65. The fourth-order valence-electron chi connectivity index (χ4n) is 4.50. The molecule has 266 valence electrons. The van der Waals surface area contributed by atoms with E-state index in [-0.39, 0.29) is 57.4 Å². The van der Waals surface area contributed by atoms with Crippen LogP contribution in [0.15, 0.2) is 0 Å². The first-order valence-electron chi connectivity index (χ1n) is 16.2. The van der Waals surface area contributed by atoms with Crippen LogP contribution >= 0.6 is 12.6 Å². The minimum Gasteiger partial charge on any atom is -0.483 e. The minimum absolute atomic E-state index is 0.0204. The van der Waals surface area contributed by atoms with Crippen LogP contribution in [0.2, 0.25) is 0 Å². The molecular formula is C31H55N3O11S. The van der Waals surface area contributed by atoms with Crippen molar-refractivity contribution in [2.24, 2.45) is 0 Å². The molecule has 0 rings (SSSR count). The summed E-state index contributed by atoms with van der Waals surface area (Å²) in [5.74, 6) is -3.13. The smallest absolute Gasteiger partial charge is 0.326 e. The molecule has 0 aromatic carbocycles. The number of unbranched alkanes of at least 4 members (excludes halogenated alkanes) is 13. The number of hydrogen-bond donors (Lipinski definition) is 8. The van der Waals surface area contributed by atoms with Crippen molar-refractivity contribution in [3.63, 3.8) is 0 Å². The number of carboxylic acid groups (broad SMARTS) is 3. The summed E-state index contributed by atoms with van der Waals surface area (Å²) in [7, 11) is 0. The van der Waals surface area contributed by atoms with Crippen LogP contribution in [0.5, 0.6) is 0 Å². The van der Waals surface area contributed by atoms with Crippen molar-refractivity contribution in [2.75, 3.05) is 13.2 Å². The van der Waals surface area contributed by atoms with Gasteiger partial charge in [-0.15, -0.1) is 12.6 Å². The summed E-state index contributed by atoms with van der Waals surface area (Å²) in [6.07, 6.45) is 15.7. The highest BCUT2D eigenvalue weighted by Crippen LogP contribution is 2.14. The molecule has 0 bridgehead atoms. The van der Waals surface area contributed by atoms with Gasteiger partial charge < -0.3 is 36.4 Å². The topological polar surface area (TPSA) is 236 Å². The Morgan fingerprint density at radius 1 is 0.587 bits per heavy atom. The monoisotopic (exact) mass is 677 g/mol. The molecule has 0 spiro atoms. The van der Waals surface area contributed by atoms with Gasteiger partial charge in [0.05, 0.1) is 6.61 Å². The van der Waals surface area contributed by atoms with E-state index in [0.29, 0.717) is 6.42 Å². The van der Waals surface area contributed by atoms with Crippen molar-refractivity contribution in [3.8, 4) is 0 Å². The predicted molar refractivity (Wildman–Crippen MR) is 174 cm³/mol. The summed E-state index contributed by atoms with van der Waals surface area (Å²) >= 11 is 3.57. The molecule has 0 fully saturated rings. The standard InChI is InChI=1S/C30H53N3O9S.CH2O2/c34-22-24(30(42)43)33-27(37)17-15-21-31-25(35)20-19-23(29(40)41)32-26(36)16-13-11-9-7-5-3-1-2-4-6-8-10-12-14-18-28(38)39;2-1-3/h23-24,34H,1-22H2,(H,31,35)(H,32,36)(H,33,37)(H,38,39)(H,40,41)(H,42,43);1H,(H,2,3)/t23?,24-;/m0./s1. The van der Waals surface area contributed by atoms with E-state index in [1.54, 1.807) is 0 Å². The summed E-state index contributed by atoms with van der Waals surface area (Å²) in [5.41, 5.74) is 0. The van der Waals surface area contributed by atoms with Gasteiger partial charge in [0.15, 0.2) is 0 Å². The Balaban J connectivity index is 0. The van der Waals surface area contributed by atoms with Crippen molar-refractivity contribution >= 4 is 53.9 Å². The molecule has 0 saturated carbocycles. The molecule has 1 unspecified atom stereocenters. The van der Waals surface area contributed by atoms with Crippen molar-refractivity contribution < 1.29 is 54.0 Å². The van der Waals surface area contributed by atoms with Crippen molar-refractivity contribution in [1.29, 1.82) is 0 Å². The first-order valence-corrected chi connectivity index (χ1v) is 16.6. The van der Waals surface area contributed by atoms with Gasteiger partial charge >= 0.3 is 11.9 Å². The van der Waals surface area contributed by atoms with Crippen LogP contribution in [0.3, 0.4) is 0 Å². The summed E-state index contributed by atoms with van der Waals surface area (Å²) in [5, 5.41) is 40.7. The van der Waals surface area contributed by atoms with Gasteiger partial charge in [-0.25, -0.2) is 4.79 Å². The number of aliphatic hydroxyl groups excluding tert-OH is 1. The van der Waals surface area contributed by atoms with E-state index in [9.17, 15) is 33.9 Å². The van der Waals surface area contributed by atoms with Crippen LogP contribution in [0, 0.1) is 0 Å². The Hall–Kier alpha value is -3.20. The lowest BCUT2D eigenvalue weighted by Crippen LogP contribution is -2.42. The van der Waals surface area contributed by atoms with E-state index in [2.05, 4.69) is 28.6 Å². The number of amides is 3. The van der Waals surface area contributed by atoms with Gasteiger partial charge in [0.25, 0.3) is 6.47 Å². The van der Waals surface area contributed by atoms with Gasteiger partial charge in [-0.3, -0.25) is 28.8 Å². The van der Waals surface area contributed by atoms with Gasteiger partial charge in [-0.2, -0.15) is 0 Å². The molecule has 2 atom stereocenters. The van der Waals surface area contributed by atoms with Crippen LogP contribution in [0.25, 0.3) is 0 Å². The highest BCUT2D eigenvalue weighted by atomic mass is 32.1. The third kappa shape index (κ3) is 30.8. The van der Waals surface area contributed by atoms with E-state index in [4.69, 9.17) is 20.1 Å². The third-order valence-electron chi connectivity index (χ3n) is 7.06. The van der Waals surface area contributed by atoms with E-state index < -0.39 is 47.6 Å². The number of aliphatic hydroxyl groups is 1. The number of carbonyl (C=O) groups is 7. The number of rotatable bonds is 29. The number of hydrogen-bond acceptors (Lipinski definition) is 8. The van der Waals surface area contributed by atoms with E-state index in [0.717, 1.165) is 38.5 Å². The van der Waals surface area contributed by atoms with Crippen molar-refractivity contribution in [2.45, 2.75) is 141 Å². The molecule has 46 heavy (non-hydrogen) atoms. The lowest BCUT2D eigenvalue weighted by atomic mass is 10.0. The Kier molecular flexibility index (Phi) is 31.0. The zero-order chi connectivity index (χ0) is 35.0. The SMILES string of the molecule is O=C(O)CCCCCCCCCCCCCCCCC(=O)NC(CCC(=O)NCCCC(=O)N[C@@H](CO)C(=O)S)C(=O)O.O=CO. The largest absolute Gasteiger partial charge is 0.483 e. The molecule has 15 heteroatoms. The maximum atomic E-state index is 12.2. The zero-order valence-electron chi connectivity index (χ0n) is 26.9. The molecule has 0 aromatic rings. The van der Waals surface area contributed by atoms with Gasteiger partial charge in [0.1, 0.15) is 12.1 Å². The number of carboxylic acids is 2. The third-order valence-corrected chi connectivity index (χ3v) is 7.37. The Labute approximate surface area is 277 Å². The second kappa shape index (κ2) is 31.8. The van der Waals surface area contributed by atoms with Crippen LogP contribution in [-0.2, 0) is 33.6 Å². The molecule has 0 radical (unpaired) electrons. The van der Waals surface area contributed by atoms with Gasteiger partial charge in [0.2, 0.25) is 22.8 Å². The highest BCUT2D eigenvalue weighted by Gasteiger charge is 2.21. The molecule has 0 aliphatic heterocycles. The normalized spacial score (nSPS) is 11.7. The average molecular weight is 678 g/mol. The summed E-state index contributed by atoms with van der Waals surface area (Å²) < 4.78 is 0. The Morgan fingerprint density at radius 2 is 0.978 bits per heavy atom. The molecule has 0 heterocycles. The van der Waals surface area contributed by atoms with Gasteiger partial charge in [-0.05, 0) is 25.7 Å². The maximum absolute atomic E-state index is 12.2. The Morgan fingerprint density at radius 3 is 1.37 bits per heavy atom. The van der Waals surface area contributed by atoms with Crippen molar-refractivity contribution in [1.82, 2.24) is 16.0 Å². The highest BCUT2D eigenvalue weighted by molar-refractivity contribution is 7.96. The van der Waals surface area contributed by atoms with E-state index in [1.807, 2.05) is 0 Å². The van der Waals surface area contributed by atoms with Gasteiger partial charge in [0, 0.05) is 32.2 Å². The Bertz CT molecular complexity index is 890. The van der Waals surface area contributed by atoms with Crippen LogP contribution in [-0.4, -0.2) is 86.9 Å². The zero-order valence-corrected chi connectivity index (χ0v) is 27.8. The van der Waals surface area contributed by atoms with Crippen molar-refractivity contribution in [3.05, 3.63) is 0 Å². The molecular weight excluding hydrogens is 622 g/mol. The number of thiol groups is 1. The molecule has 14 nitrogen and oxygen atoms in total. The maximum Gasteiger partial charge on any atom is 0.326 e. The van der Waals surface area contributed by atoms with E-state index >= 15 is 0 Å². The van der Waals surface area contributed by atoms with Crippen LogP contribution in [0.4, 0.5) is 0 Å². The number of nitrogens with one attached hydrogen (secondary N) is 3. The molecule has 0 aliphatic carbocycles. The fraction of sp³-hybridized carbons (Fsp3) is 0.774. The molecule has 7 N–H and O–H groups in total. The minimum atomic E-state index is -1.20. The quantitative estimate of drug-likeness (QED) is 0.0325. The number of carbonyl (C=O) groups excluding carboxylic acids is 4.